The number of carbonyl (C=O) groups is 1. The highest BCUT2D eigenvalue weighted by atomic mass is 32.2. The Morgan fingerprint density at radius 2 is 1.86 bits per heavy atom. The molecule has 2 fully saturated rings. The predicted molar refractivity (Wildman–Crippen MR) is 165 cm³/mol. The molecule has 14 heteroatoms. The second kappa shape index (κ2) is 18.1. The highest BCUT2D eigenvalue weighted by molar-refractivity contribution is 7.96. The van der Waals surface area contributed by atoms with Crippen molar-refractivity contribution in [2.24, 2.45) is 0 Å². The minimum Gasteiger partial charge on any atom is -0.507 e. The van der Waals surface area contributed by atoms with E-state index < -0.39 is 17.6 Å². The number of rotatable bonds is 9. The van der Waals surface area contributed by atoms with Gasteiger partial charge in [-0.05, 0) is 85.1 Å². The molecule has 3 N–H and O–H groups in total. The third kappa shape index (κ3) is 12.0. The van der Waals surface area contributed by atoms with Gasteiger partial charge in [-0.2, -0.15) is 18.2 Å². The summed E-state index contributed by atoms with van der Waals surface area (Å²) in [5.41, 5.74) is -0.880. The van der Waals surface area contributed by atoms with E-state index in [1.54, 1.807) is 11.9 Å². The average molecular weight is 631 g/mol. The lowest BCUT2D eigenvalue weighted by Crippen LogP contribution is -2.39. The Hall–Kier alpha value is -2.81. The first-order valence-electron chi connectivity index (χ1n) is 14.3. The molecule has 2 heterocycles. The summed E-state index contributed by atoms with van der Waals surface area (Å²) < 4.78 is 52.6. The zero-order chi connectivity index (χ0) is 32.0. The largest absolute Gasteiger partial charge is 0.507 e. The van der Waals surface area contributed by atoms with E-state index in [1.807, 2.05) is 0 Å². The van der Waals surface area contributed by atoms with Crippen molar-refractivity contribution in [2.75, 3.05) is 59.5 Å². The monoisotopic (exact) mass is 630 g/mol. The zero-order valence-electron chi connectivity index (χ0n) is 25.8. The number of nitrogens with one attached hydrogen (secondary N) is 2. The van der Waals surface area contributed by atoms with Gasteiger partial charge in [-0.1, -0.05) is 18.9 Å². The van der Waals surface area contributed by atoms with Gasteiger partial charge in [0.05, 0.1) is 18.4 Å². The molecule has 1 aromatic carbocycles. The van der Waals surface area contributed by atoms with Crippen molar-refractivity contribution in [3.8, 4) is 17.4 Å². The molecule has 2 aromatic rings. The van der Waals surface area contributed by atoms with E-state index in [0.717, 1.165) is 25.4 Å². The van der Waals surface area contributed by atoms with Crippen LogP contribution in [0.3, 0.4) is 0 Å². The maximum absolute atomic E-state index is 13.3. The van der Waals surface area contributed by atoms with Gasteiger partial charge in [0, 0.05) is 24.8 Å². The van der Waals surface area contributed by atoms with Gasteiger partial charge in [0.2, 0.25) is 11.8 Å². The van der Waals surface area contributed by atoms with Crippen LogP contribution in [0.5, 0.6) is 17.4 Å². The molecule has 0 amide bonds. The molecule has 242 valence electrons. The van der Waals surface area contributed by atoms with Gasteiger partial charge < -0.3 is 30.1 Å². The first-order valence-corrected chi connectivity index (χ1v) is 15.5. The van der Waals surface area contributed by atoms with E-state index in [0.29, 0.717) is 25.3 Å². The number of phenolic OH excluding ortho intramolecular Hbond substituents is 1. The molecule has 0 bridgehead atoms. The molecule has 10 nitrogen and oxygen atoms in total. The quantitative estimate of drug-likeness (QED) is 0.238. The number of hydrogen-bond acceptors (Lipinski definition) is 11. The Morgan fingerprint density at radius 1 is 1.21 bits per heavy atom. The molecular weight excluding hydrogens is 585 g/mol. The van der Waals surface area contributed by atoms with Gasteiger partial charge in [-0.3, -0.25) is 9.10 Å². The standard InChI is InChI=1S/C18H18F3N3O4.C7H16N2.C4H11NS/c1-27-15-6-10(9-25)14(26)7-13(15)23-17-22-8-12(18(19,20)21)16(24-17)28-11-4-2-3-5-11;1-8-7-3-5-9(2)6-4-7;1-4-5(2)6-3/h6-9,11,26H,2-5H2,1H3,(H,22,23,24);7-8H,3-6H2,1-2H3;4H2,1-3H3. The molecule has 0 atom stereocenters. The topological polar surface area (TPSA) is 112 Å². The highest BCUT2D eigenvalue weighted by Gasteiger charge is 2.37. The van der Waals surface area contributed by atoms with Crippen LogP contribution in [0.1, 0.15) is 61.4 Å². The number of halogens is 3. The van der Waals surface area contributed by atoms with E-state index >= 15 is 0 Å². The Kier molecular flexibility index (Phi) is 15.3. The van der Waals surface area contributed by atoms with Crippen molar-refractivity contribution >= 4 is 29.9 Å². The highest BCUT2D eigenvalue weighted by Crippen LogP contribution is 2.38. The molecule has 4 rings (SSSR count). The first kappa shape index (κ1) is 36.4. The maximum Gasteiger partial charge on any atom is 0.423 e. The fourth-order valence-electron chi connectivity index (χ4n) is 4.37. The Labute approximate surface area is 256 Å². The van der Waals surface area contributed by atoms with E-state index in [4.69, 9.17) is 9.47 Å². The molecular formula is C29H45F3N6O4S. The van der Waals surface area contributed by atoms with Crippen molar-refractivity contribution in [2.45, 2.75) is 63.8 Å². The predicted octanol–water partition coefficient (Wildman–Crippen LogP) is 5.60. The number of likely N-dealkylation sites (tertiary alicyclic amines) is 1. The van der Waals surface area contributed by atoms with Crippen molar-refractivity contribution < 1.29 is 32.5 Å². The number of phenols is 1. The number of aromatic hydroxyl groups is 1. The average Bonchev–Trinajstić information content (AvgIpc) is 3.50. The fourth-order valence-corrected chi connectivity index (χ4v) is 4.62. The van der Waals surface area contributed by atoms with Gasteiger partial charge in [-0.15, -0.1) is 0 Å². The number of piperidine rings is 1. The molecule has 2 aliphatic rings. The first-order chi connectivity index (χ1) is 20.4. The summed E-state index contributed by atoms with van der Waals surface area (Å²) in [6.45, 7) is 5.77. The van der Waals surface area contributed by atoms with Crippen LogP contribution < -0.4 is 20.1 Å². The number of carbonyl (C=O) groups excluding carboxylic acids is 1. The molecule has 0 spiro atoms. The van der Waals surface area contributed by atoms with Gasteiger partial charge in [-0.25, -0.2) is 4.98 Å². The lowest BCUT2D eigenvalue weighted by atomic mass is 10.1. The lowest BCUT2D eigenvalue weighted by Gasteiger charge is -2.28. The number of nitrogens with zero attached hydrogens (tertiary/aromatic N) is 4. The molecule has 1 saturated carbocycles. The summed E-state index contributed by atoms with van der Waals surface area (Å²) in [7, 11) is 7.65. The minimum atomic E-state index is -4.66. The molecule has 0 radical (unpaired) electrons. The summed E-state index contributed by atoms with van der Waals surface area (Å²) in [6.07, 6.45) is 3.92. The van der Waals surface area contributed by atoms with Crippen LogP contribution >= 0.6 is 11.9 Å². The molecule has 1 aliphatic heterocycles. The minimum absolute atomic E-state index is 0.000920. The third-order valence-electron chi connectivity index (χ3n) is 7.25. The van der Waals surface area contributed by atoms with E-state index in [9.17, 15) is 23.1 Å². The van der Waals surface area contributed by atoms with Crippen molar-refractivity contribution in [3.63, 3.8) is 0 Å². The zero-order valence-corrected chi connectivity index (χ0v) is 26.6. The number of ether oxygens (including phenoxy) is 2. The van der Waals surface area contributed by atoms with Crippen LogP contribution in [0.15, 0.2) is 18.3 Å². The Balaban J connectivity index is 0.000000352. The number of aromatic nitrogens is 2. The van der Waals surface area contributed by atoms with Crippen LogP contribution in [-0.2, 0) is 6.18 Å². The van der Waals surface area contributed by atoms with Gasteiger partial charge in [0.1, 0.15) is 23.2 Å². The number of anilines is 2. The van der Waals surface area contributed by atoms with Crippen molar-refractivity contribution in [1.82, 2.24) is 24.5 Å². The lowest BCUT2D eigenvalue weighted by molar-refractivity contribution is -0.139. The second-order valence-electron chi connectivity index (χ2n) is 10.3. The van der Waals surface area contributed by atoms with Crippen molar-refractivity contribution in [1.29, 1.82) is 0 Å². The van der Waals surface area contributed by atoms with E-state index in [2.05, 4.69) is 64.1 Å². The molecule has 1 aromatic heterocycles. The van der Waals surface area contributed by atoms with E-state index in [1.165, 1.54) is 45.2 Å². The fraction of sp³-hybridized carbons (Fsp3) is 0.621. The molecule has 1 saturated heterocycles. The second-order valence-corrected chi connectivity index (χ2v) is 11.3. The Bertz CT molecular complexity index is 1130. The summed E-state index contributed by atoms with van der Waals surface area (Å²) >= 11 is 1.76. The summed E-state index contributed by atoms with van der Waals surface area (Å²) in [5.74, 6) is -0.864. The summed E-state index contributed by atoms with van der Waals surface area (Å²) in [6, 6.07) is 3.26. The van der Waals surface area contributed by atoms with Crippen LogP contribution in [0.25, 0.3) is 0 Å². The number of aldehydes is 1. The summed E-state index contributed by atoms with van der Waals surface area (Å²) in [4.78, 5) is 20.9. The normalized spacial score (nSPS) is 16.1. The Morgan fingerprint density at radius 3 is 2.35 bits per heavy atom. The molecule has 0 unspecified atom stereocenters. The number of alkyl halides is 3. The van der Waals surface area contributed by atoms with Gasteiger partial charge in [0.15, 0.2) is 6.29 Å². The molecule has 1 aliphatic carbocycles. The smallest absolute Gasteiger partial charge is 0.423 e. The van der Waals surface area contributed by atoms with Gasteiger partial charge >= 0.3 is 6.18 Å². The SMILES string of the molecule is CCN(C)SC.CNC1CCN(C)CC1.COc1cc(C=O)c(O)cc1Nc1ncc(C(F)(F)F)c(OC2CCCC2)n1. The number of hydrogen-bond donors (Lipinski definition) is 3. The maximum atomic E-state index is 13.3. The van der Waals surface area contributed by atoms with Crippen LogP contribution in [0.4, 0.5) is 24.8 Å². The van der Waals surface area contributed by atoms with Crippen LogP contribution in [0, 0.1) is 0 Å². The van der Waals surface area contributed by atoms with Crippen molar-refractivity contribution in [3.05, 3.63) is 29.5 Å². The summed E-state index contributed by atoms with van der Waals surface area (Å²) in [5, 5.41) is 15.8. The number of methoxy groups -OCH3 is 1. The van der Waals surface area contributed by atoms with Crippen LogP contribution in [0.2, 0.25) is 0 Å². The molecule has 43 heavy (non-hydrogen) atoms. The number of benzene rings is 1. The van der Waals surface area contributed by atoms with E-state index in [-0.39, 0.29) is 34.8 Å². The third-order valence-corrected chi connectivity index (χ3v) is 8.13. The van der Waals surface area contributed by atoms with Crippen LogP contribution in [-0.4, -0.2) is 96.9 Å². The van der Waals surface area contributed by atoms with Gasteiger partial charge in [0.25, 0.3) is 0 Å².